The Kier molecular flexibility index (Phi) is 3.58. The van der Waals surface area contributed by atoms with Crippen molar-refractivity contribution in [3.63, 3.8) is 0 Å². The molecule has 0 spiro atoms. The summed E-state index contributed by atoms with van der Waals surface area (Å²) in [6, 6.07) is 4.95. The van der Waals surface area contributed by atoms with Crippen LogP contribution in [0.4, 0.5) is 4.39 Å². The van der Waals surface area contributed by atoms with Gasteiger partial charge >= 0.3 is 0 Å². The van der Waals surface area contributed by atoms with E-state index in [2.05, 4.69) is 4.72 Å². The fourth-order valence-electron chi connectivity index (χ4n) is 1.91. The number of nitrogens with one attached hydrogen (secondary N) is 1. The van der Waals surface area contributed by atoms with Crippen LogP contribution in [0.1, 0.15) is 24.8 Å². The maximum Gasteiger partial charge on any atom is 0.242 e. The van der Waals surface area contributed by atoms with Gasteiger partial charge in [0.1, 0.15) is 22.3 Å². The summed E-state index contributed by atoms with van der Waals surface area (Å²) in [4.78, 5) is -0.405. The molecule has 19 heavy (non-hydrogen) atoms. The maximum absolute atomic E-state index is 13.4. The molecule has 0 amide bonds. The molecule has 0 aromatic heterocycles. The molecule has 0 unspecified atom stereocenters. The van der Waals surface area contributed by atoms with E-state index < -0.39 is 31.9 Å². The molecule has 0 heterocycles. The molecule has 1 saturated carbocycles. The van der Waals surface area contributed by atoms with Crippen molar-refractivity contribution in [1.29, 1.82) is 5.26 Å². The summed E-state index contributed by atoms with van der Waals surface area (Å²) >= 11 is 0. The van der Waals surface area contributed by atoms with Crippen molar-refractivity contribution < 1.29 is 17.9 Å². The van der Waals surface area contributed by atoms with Crippen LogP contribution in [0, 0.1) is 17.1 Å². The number of nitriles is 1. The zero-order valence-electron chi connectivity index (χ0n) is 10.1. The van der Waals surface area contributed by atoms with Crippen LogP contribution >= 0.6 is 0 Å². The number of aliphatic hydroxyl groups is 1. The SMILES string of the molecule is N#Cc1c(F)cccc1S(=O)(=O)NCC1(O)CCC1. The first-order valence-corrected chi connectivity index (χ1v) is 7.27. The van der Waals surface area contributed by atoms with Crippen LogP contribution in [0.2, 0.25) is 0 Å². The van der Waals surface area contributed by atoms with Gasteiger partial charge in [0.05, 0.1) is 5.60 Å². The Hall–Kier alpha value is -1.49. The van der Waals surface area contributed by atoms with Gasteiger partial charge in [0.15, 0.2) is 0 Å². The molecule has 0 atom stereocenters. The number of hydrogen-bond donors (Lipinski definition) is 2. The number of halogens is 1. The topological polar surface area (TPSA) is 90.2 Å². The molecule has 0 saturated heterocycles. The fraction of sp³-hybridized carbons (Fsp3) is 0.417. The lowest BCUT2D eigenvalue weighted by Crippen LogP contribution is -2.47. The summed E-state index contributed by atoms with van der Waals surface area (Å²) < 4.78 is 39.6. The van der Waals surface area contributed by atoms with Gasteiger partial charge in [0.2, 0.25) is 10.0 Å². The molecular weight excluding hydrogens is 271 g/mol. The van der Waals surface area contributed by atoms with Crippen molar-refractivity contribution in [3.8, 4) is 6.07 Å². The number of hydrogen-bond acceptors (Lipinski definition) is 4. The molecule has 5 nitrogen and oxygen atoms in total. The van der Waals surface area contributed by atoms with Gasteiger partial charge in [-0.15, -0.1) is 0 Å². The van der Waals surface area contributed by atoms with Crippen molar-refractivity contribution in [2.75, 3.05) is 6.54 Å². The lowest BCUT2D eigenvalue weighted by atomic mass is 9.81. The van der Waals surface area contributed by atoms with E-state index >= 15 is 0 Å². The predicted octanol–water partition coefficient (Wildman–Crippen LogP) is 0.891. The van der Waals surface area contributed by atoms with E-state index in [0.717, 1.165) is 18.6 Å². The molecular formula is C12H13FN2O3S. The zero-order chi connectivity index (χ0) is 14.1. The normalized spacial score (nSPS) is 17.5. The summed E-state index contributed by atoms with van der Waals surface area (Å²) in [6.45, 7) is -0.128. The van der Waals surface area contributed by atoms with Gasteiger partial charge in [-0.3, -0.25) is 0 Å². The fourth-order valence-corrected chi connectivity index (χ4v) is 3.19. The number of sulfonamides is 1. The van der Waals surface area contributed by atoms with E-state index in [1.807, 2.05) is 0 Å². The van der Waals surface area contributed by atoms with Gasteiger partial charge in [0.25, 0.3) is 0 Å². The van der Waals surface area contributed by atoms with Gasteiger partial charge in [-0.2, -0.15) is 5.26 Å². The van der Waals surface area contributed by atoms with Crippen LogP contribution in [0.3, 0.4) is 0 Å². The molecule has 102 valence electrons. The van der Waals surface area contributed by atoms with Crippen molar-refractivity contribution in [2.24, 2.45) is 0 Å². The highest BCUT2D eigenvalue weighted by molar-refractivity contribution is 7.89. The van der Waals surface area contributed by atoms with E-state index in [9.17, 15) is 17.9 Å². The largest absolute Gasteiger partial charge is 0.389 e. The minimum Gasteiger partial charge on any atom is -0.389 e. The molecule has 1 aliphatic carbocycles. The minimum absolute atomic E-state index is 0.128. The van der Waals surface area contributed by atoms with Gasteiger partial charge < -0.3 is 5.11 Å². The van der Waals surface area contributed by atoms with Crippen LogP contribution in [-0.4, -0.2) is 25.7 Å². The molecule has 7 heteroatoms. The minimum atomic E-state index is -4.01. The first kappa shape index (κ1) is 13.9. The highest BCUT2D eigenvalue weighted by Crippen LogP contribution is 2.31. The summed E-state index contributed by atoms with van der Waals surface area (Å²) in [5.41, 5.74) is -1.54. The Balaban J connectivity index is 2.25. The quantitative estimate of drug-likeness (QED) is 0.859. The van der Waals surface area contributed by atoms with Crippen molar-refractivity contribution in [3.05, 3.63) is 29.6 Å². The maximum atomic E-state index is 13.4. The molecule has 2 N–H and O–H groups in total. The average Bonchev–Trinajstić information content (AvgIpc) is 2.34. The van der Waals surface area contributed by atoms with Crippen LogP contribution < -0.4 is 4.72 Å². The van der Waals surface area contributed by atoms with Crippen LogP contribution in [0.15, 0.2) is 23.1 Å². The smallest absolute Gasteiger partial charge is 0.242 e. The van der Waals surface area contributed by atoms with E-state index in [4.69, 9.17) is 5.26 Å². The van der Waals surface area contributed by atoms with E-state index in [-0.39, 0.29) is 6.54 Å². The van der Waals surface area contributed by atoms with Crippen molar-refractivity contribution >= 4 is 10.0 Å². The summed E-state index contributed by atoms with van der Waals surface area (Å²) in [5, 5.41) is 18.7. The van der Waals surface area contributed by atoms with Gasteiger partial charge in [0, 0.05) is 6.54 Å². The number of rotatable bonds is 4. The van der Waals surface area contributed by atoms with E-state index in [1.165, 1.54) is 12.1 Å². The number of benzene rings is 1. The molecule has 1 fully saturated rings. The highest BCUT2D eigenvalue weighted by Gasteiger charge is 2.36. The molecule has 0 aliphatic heterocycles. The molecule has 0 radical (unpaired) electrons. The van der Waals surface area contributed by atoms with Gasteiger partial charge in [-0.1, -0.05) is 6.07 Å². The zero-order valence-corrected chi connectivity index (χ0v) is 10.9. The molecule has 1 aromatic carbocycles. The second-order valence-corrected chi connectivity index (χ2v) is 6.36. The standard InChI is InChI=1S/C12H13FN2O3S/c13-10-3-1-4-11(9(10)7-14)19(17,18)15-8-12(16)5-2-6-12/h1,3-4,15-16H,2,5-6,8H2. The van der Waals surface area contributed by atoms with E-state index in [0.29, 0.717) is 12.8 Å². The third kappa shape index (κ3) is 2.76. The van der Waals surface area contributed by atoms with Gasteiger partial charge in [-0.05, 0) is 31.4 Å². The molecule has 1 aliphatic rings. The lowest BCUT2D eigenvalue weighted by molar-refractivity contribution is -0.0270. The Bertz CT molecular complexity index is 633. The summed E-state index contributed by atoms with van der Waals surface area (Å²) in [7, 11) is -4.01. The average molecular weight is 284 g/mol. The molecule has 1 aromatic rings. The second-order valence-electron chi connectivity index (χ2n) is 4.63. The Morgan fingerprint density at radius 1 is 1.47 bits per heavy atom. The van der Waals surface area contributed by atoms with Crippen molar-refractivity contribution in [1.82, 2.24) is 4.72 Å². The third-order valence-electron chi connectivity index (χ3n) is 3.25. The Morgan fingerprint density at radius 2 is 2.16 bits per heavy atom. The van der Waals surface area contributed by atoms with Crippen LogP contribution in [-0.2, 0) is 10.0 Å². The number of nitrogens with zero attached hydrogens (tertiary/aromatic N) is 1. The predicted molar refractivity (Wildman–Crippen MR) is 65.1 cm³/mol. The Morgan fingerprint density at radius 3 is 2.68 bits per heavy atom. The summed E-state index contributed by atoms with van der Waals surface area (Å²) in [5.74, 6) is -0.882. The molecule has 2 rings (SSSR count). The molecule has 0 bridgehead atoms. The highest BCUT2D eigenvalue weighted by atomic mass is 32.2. The Labute approximate surface area is 110 Å². The van der Waals surface area contributed by atoms with Crippen LogP contribution in [0.25, 0.3) is 0 Å². The van der Waals surface area contributed by atoms with Gasteiger partial charge in [-0.25, -0.2) is 17.5 Å². The van der Waals surface area contributed by atoms with E-state index in [1.54, 1.807) is 0 Å². The monoisotopic (exact) mass is 284 g/mol. The third-order valence-corrected chi connectivity index (χ3v) is 4.70. The lowest BCUT2D eigenvalue weighted by Gasteiger charge is -2.36. The first-order chi connectivity index (χ1) is 8.88. The van der Waals surface area contributed by atoms with Crippen LogP contribution in [0.5, 0.6) is 0 Å². The second kappa shape index (κ2) is 4.89. The van der Waals surface area contributed by atoms with Crippen molar-refractivity contribution in [2.45, 2.75) is 29.8 Å². The first-order valence-electron chi connectivity index (χ1n) is 5.79. The summed E-state index contributed by atoms with van der Waals surface area (Å²) in [6.07, 6.45) is 1.91.